The molecule has 2 amide bonds. The number of nitrogens with two attached hydrogens (primary N) is 1. The first-order valence-corrected chi connectivity index (χ1v) is 6.40. The highest BCUT2D eigenvalue weighted by Crippen LogP contribution is 2.18. The number of anilines is 1. The van der Waals surface area contributed by atoms with Crippen LogP contribution in [0.1, 0.15) is 26.2 Å². The molecule has 4 N–H and O–H groups in total. The maximum absolute atomic E-state index is 11.6. The maximum atomic E-state index is 11.6. The van der Waals surface area contributed by atoms with Gasteiger partial charge in [-0.3, -0.25) is 14.3 Å². The zero-order valence-electron chi connectivity index (χ0n) is 11.3. The number of carbonyl (C=O) groups is 2. The molecule has 1 aromatic rings. The average Bonchev–Trinajstić information content (AvgIpc) is 2.98. The molecule has 1 atom stereocenters. The van der Waals surface area contributed by atoms with Gasteiger partial charge in [0.2, 0.25) is 11.8 Å². The number of nitrogens with one attached hydrogen (secondary N) is 2. The molecule has 2 rings (SSSR count). The molecule has 0 aromatic carbocycles. The van der Waals surface area contributed by atoms with Crippen molar-refractivity contribution in [1.29, 1.82) is 0 Å². The Labute approximate surface area is 123 Å². The summed E-state index contributed by atoms with van der Waals surface area (Å²) >= 11 is 0. The summed E-state index contributed by atoms with van der Waals surface area (Å²) < 4.78 is 1.50. The van der Waals surface area contributed by atoms with Gasteiger partial charge in [-0.1, -0.05) is 0 Å². The highest BCUT2D eigenvalue weighted by Gasteiger charge is 2.23. The molecule has 8 heteroatoms. The molecule has 1 heterocycles. The van der Waals surface area contributed by atoms with E-state index in [1.54, 1.807) is 13.1 Å². The lowest BCUT2D eigenvalue weighted by atomic mass is 10.2. The second-order valence-electron chi connectivity index (χ2n) is 5.00. The first-order chi connectivity index (χ1) is 9.02. The van der Waals surface area contributed by atoms with E-state index in [-0.39, 0.29) is 43.2 Å². The molecule has 1 aliphatic carbocycles. The molecule has 1 unspecified atom stereocenters. The molecule has 7 nitrogen and oxygen atoms in total. The lowest BCUT2D eigenvalue weighted by Gasteiger charge is -2.05. The fraction of sp³-hybridized carbons (Fsp3) is 0.583. The topological polar surface area (TPSA) is 102 Å². The fourth-order valence-corrected chi connectivity index (χ4v) is 1.67. The third kappa shape index (κ3) is 5.58. The lowest BCUT2D eigenvalue weighted by molar-refractivity contribution is -0.122. The van der Waals surface area contributed by atoms with Crippen molar-refractivity contribution in [2.45, 2.75) is 44.8 Å². The van der Waals surface area contributed by atoms with Crippen molar-refractivity contribution in [3.8, 4) is 0 Å². The minimum Gasteiger partial charge on any atom is -0.352 e. The largest absolute Gasteiger partial charge is 0.352 e. The third-order valence-corrected chi connectivity index (χ3v) is 2.67. The number of carbonyl (C=O) groups excluding carboxylic acids is 2. The smallest absolute Gasteiger partial charge is 0.241 e. The van der Waals surface area contributed by atoms with Gasteiger partial charge in [0.05, 0.1) is 11.9 Å². The molecule has 0 spiro atoms. The fourth-order valence-electron chi connectivity index (χ4n) is 1.67. The van der Waals surface area contributed by atoms with E-state index < -0.39 is 0 Å². The number of halogens is 1. The normalized spacial score (nSPS) is 15.1. The number of hydrogen-bond donors (Lipinski definition) is 3. The van der Waals surface area contributed by atoms with E-state index in [4.69, 9.17) is 5.73 Å². The van der Waals surface area contributed by atoms with Crippen LogP contribution in [0.3, 0.4) is 0 Å². The summed E-state index contributed by atoms with van der Waals surface area (Å²) in [6.45, 7) is 1.94. The van der Waals surface area contributed by atoms with Gasteiger partial charge >= 0.3 is 0 Å². The summed E-state index contributed by atoms with van der Waals surface area (Å²) in [7, 11) is 0. The van der Waals surface area contributed by atoms with Gasteiger partial charge < -0.3 is 16.4 Å². The minimum atomic E-state index is -0.181. The Morgan fingerprint density at radius 3 is 2.80 bits per heavy atom. The van der Waals surface area contributed by atoms with E-state index in [0.717, 1.165) is 12.8 Å². The van der Waals surface area contributed by atoms with Crippen LogP contribution in [0.25, 0.3) is 0 Å². The second kappa shape index (κ2) is 7.25. The lowest BCUT2D eigenvalue weighted by Crippen LogP contribution is -2.29. The summed E-state index contributed by atoms with van der Waals surface area (Å²) in [6.07, 6.45) is 5.52. The van der Waals surface area contributed by atoms with Crippen LogP contribution in [0, 0.1) is 0 Å². The monoisotopic (exact) mass is 301 g/mol. The van der Waals surface area contributed by atoms with Gasteiger partial charge in [-0.25, -0.2) is 0 Å². The summed E-state index contributed by atoms with van der Waals surface area (Å²) in [5, 5.41) is 9.59. The molecule has 112 valence electrons. The Hall–Kier alpha value is -1.60. The number of nitrogens with zero attached hydrogens (tertiary/aromatic N) is 2. The van der Waals surface area contributed by atoms with Gasteiger partial charge in [-0.05, 0) is 19.8 Å². The molecular formula is C12H20ClN5O2. The molecule has 0 saturated heterocycles. The Balaban J connectivity index is 0.00000200. The third-order valence-electron chi connectivity index (χ3n) is 2.67. The molecule has 0 aliphatic heterocycles. The van der Waals surface area contributed by atoms with Gasteiger partial charge in [-0.15, -0.1) is 12.4 Å². The Bertz CT molecular complexity index is 438. The van der Waals surface area contributed by atoms with E-state index in [2.05, 4.69) is 15.7 Å². The maximum Gasteiger partial charge on any atom is 0.241 e. The Morgan fingerprint density at radius 2 is 2.20 bits per heavy atom. The van der Waals surface area contributed by atoms with Crippen LogP contribution < -0.4 is 16.4 Å². The Morgan fingerprint density at radius 1 is 1.50 bits per heavy atom. The van der Waals surface area contributed by atoms with Crippen LogP contribution >= 0.6 is 12.4 Å². The number of aromatic nitrogens is 2. The van der Waals surface area contributed by atoms with Crippen LogP contribution in [0.4, 0.5) is 5.69 Å². The molecule has 0 radical (unpaired) electrons. The van der Waals surface area contributed by atoms with Gasteiger partial charge in [0.25, 0.3) is 0 Å². The molecule has 0 bridgehead atoms. The highest BCUT2D eigenvalue weighted by atomic mass is 35.5. The van der Waals surface area contributed by atoms with E-state index in [1.807, 2.05) is 0 Å². The van der Waals surface area contributed by atoms with E-state index in [1.165, 1.54) is 10.9 Å². The van der Waals surface area contributed by atoms with E-state index >= 15 is 0 Å². The summed E-state index contributed by atoms with van der Waals surface area (Å²) in [6, 6.07) is 0.160. The van der Waals surface area contributed by atoms with Gasteiger partial charge in [0.1, 0.15) is 6.54 Å². The number of rotatable bonds is 6. The summed E-state index contributed by atoms with van der Waals surface area (Å²) in [5.41, 5.74) is 6.11. The molecular weight excluding hydrogens is 282 g/mol. The standard InChI is InChI=1S/C12H19N5O2.ClH/c1-8(13)4-11(18)16-10-5-14-17(6-10)7-12(19)15-9-2-3-9;/h5-6,8-9H,2-4,7,13H2,1H3,(H,15,19)(H,16,18);1H. The van der Waals surface area contributed by atoms with Crippen molar-refractivity contribution in [2.24, 2.45) is 5.73 Å². The number of amides is 2. The van der Waals surface area contributed by atoms with Crippen LogP contribution in [0.2, 0.25) is 0 Å². The molecule has 1 aliphatic rings. The van der Waals surface area contributed by atoms with Gasteiger partial charge in [-0.2, -0.15) is 5.10 Å². The van der Waals surface area contributed by atoms with E-state index in [9.17, 15) is 9.59 Å². The van der Waals surface area contributed by atoms with Gasteiger partial charge in [0, 0.05) is 24.7 Å². The predicted molar refractivity (Wildman–Crippen MR) is 77.5 cm³/mol. The zero-order chi connectivity index (χ0) is 13.8. The van der Waals surface area contributed by atoms with Crippen LogP contribution in [-0.4, -0.2) is 33.7 Å². The van der Waals surface area contributed by atoms with E-state index in [0.29, 0.717) is 11.7 Å². The second-order valence-corrected chi connectivity index (χ2v) is 5.00. The summed E-state index contributed by atoms with van der Waals surface area (Å²) in [5.74, 6) is -0.212. The van der Waals surface area contributed by atoms with Crippen molar-refractivity contribution < 1.29 is 9.59 Å². The predicted octanol–water partition coefficient (Wildman–Crippen LogP) is 0.259. The van der Waals surface area contributed by atoms with Crippen molar-refractivity contribution in [3.05, 3.63) is 12.4 Å². The van der Waals surface area contributed by atoms with Crippen LogP contribution in [0.5, 0.6) is 0 Å². The average molecular weight is 302 g/mol. The van der Waals surface area contributed by atoms with Crippen LogP contribution in [-0.2, 0) is 16.1 Å². The molecule has 1 fully saturated rings. The Kier molecular flexibility index (Phi) is 5.97. The quantitative estimate of drug-likeness (QED) is 0.701. The van der Waals surface area contributed by atoms with Crippen molar-refractivity contribution in [3.63, 3.8) is 0 Å². The highest BCUT2D eigenvalue weighted by molar-refractivity contribution is 5.90. The van der Waals surface area contributed by atoms with Crippen molar-refractivity contribution in [2.75, 3.05) is 5.32 Å². The summed E-state index contributed by atoms with van der Waals surface area (Å²) in [4.78, 5) is 23.1. The SMILES string of the molecule is CC(N)CC(=O)Nc1cnn(CC(=O)NC2CC2)c1.Cl. The molecule has 1 saturated carbocycles. The van der Waals surface area contributed by atoms with Crippen molar-refractivity contribution >= 4 is 29.9 Å². The van der Waals surface area contributed by atoms with Crippen molar-refractivity contribution in [1.82, 2.24) is 15.1 Å². The minimum absolute atomic E-state index is 0. The van der Waals surface area contributed by atoms with Crippen LogP contribution in [0.15, 0.2) is 12.4 Å². The zero-order valence-corrected chi connectivity index (χ0v) is 12.2. The molecule has 1 aromatic heterocycles. The first-order valence-electron chi connectivity index (χ1n) is 6.40. The van der Waals surface area contributed by atoms with Gasteiger partial charge in [0.15, 0.2) is 0 Å². The molecule has 20 heavy (non-hydrogen) atoms. The number of hydrogen-bond acceptors (Lipinski definition) is 4. The first kappa shape index (κ1) is 16.5.